The Kier molecular flexibility index (Phi) is 7.82. The highest BCUT2D eigenvalue weighted by Gasteiger charge is 2.13. The van der Waals surface area contributed by atoms with Gasteiger partial charge in [0.05, 0.1) is 11.9 Å². The van der Waals surface area contributed by atoms with E-state index >= 15 is 0 Å². The van der Waals surface area contributed by atoms with Crippen molar-refractivity contribution in [3.05, 3.63) is 24.3 Å². The monoisotopic (exact) mass is 356 g/mol. The molecule has 0 saturated carbocycles. The van der Waals surface area contributed by atoms with Crippen LogP contribution in [-0.2, 0) is 9.59 Å². The van der Waals surface area contributed by atoms with Crippen LogP contribution in [0.15, 0.2) is 24.3 Å². The molecule has 0 aliphatic carbocycles. The van der Waals surface area contributed by atoms with Crippen LogP contribution in [0.5, 0.6) is 5.75 Å². The predicted molar refractivity (Wildman–Crippen MR) is 86.9 cm³/mol. The van der Waals surface area contributed by atoms with Gasteiger partial charge < -0.3 is 15.4 Å². The average molecular weight is 357 g/mol. The Bertz CT molecular complexity index is 480. The van der Waals surface area contributed by atoms with Crippen LogP contribution in [0.2, 0.25) is 0 Å². The van der Waals surface area contributed by atoms with E-state index in [0.29, 0.717) is 18.0 Å². The minimum Gasteiger partial charge on any atom is -0.497 e. The van der Waals surface area contributed by atoms with Crippen molar-refractivity contribution in [3.8, 4) is 5.75 Å². The summed E-state index contributed by atoms with van der Waals surface area (Å²) in [6, 6.07) is 7.14. The third-order valence-corrected chi connectivity index (χ3v) is 3.71. The summed E-state index contributed by atoms with van der Waals surface area (Å²) in [5.74, 6) is 0.457. The fraction of sp³-hybridized carbons (Fsp3) is 0.467. The van der Waals surface area contributed by atoms with Crippen molar-refractivity contribution >= 4 is 33.4 Å². The first-order chi connectivity index (χ1) is 10.1. The third kappa shape index (κ3) is 6.62. The van der Waals surface area contributed by atoms with Crippen LogP contribution in [0.4, 0.5) is 5.69 Å². The van der Waals surface area contributed by atoms with Crippen molar-refractivity contribution in [2.24, 2.45) is 0 Å². The fourth-order valence-corrected chi connectivity index (χ4v) is 2.34. The summed E-state index contributed by atoms with van der Waals surface area (Å²) in [4.78, 5) is 23.2. The molecule has 2 N–H and O–H groups in total. The van der Waals surface area contributed by atoms with E-state index in [4.69, 9.17) is 4.74 Å². The van der Waals surface area contributed by atoms with Crippen LogP contribution in [0.1, 0.15) is 26.2 Å². The number of nitrogens with one attached hydrogen (secondary N) is 2. The topological polar surface area (TPSA) is 67.4 Å². The molecule has 0 spiro atoms. The van der Waals surface area contributed by atoms with E-state index < -0.39 is 0 Å². The number of alkyl halides is 1. The number of benzene rings is 1. The summed E-state index contributed by atoms with van der Waals surface area (Å²) in [6.07, 6.45) is 1.94. The van der Waals surface area contributed by atoms with Gasteiger partial charge in [0.15, 0.2) is 0 Å². The molecule has 0 radical (unpaired) electrons. The zero-order valence-electron chi connectivity index (χ0n) is 12.3. The number of carbonyl (C=O) groups is 2. The Labute approximate surface area is 133 Å². The predicted octanol–water partition coefficient (Wildman–Crippen LogP) is 2.70. The lowest BCUT2D eigenvalue weighted by Gasteiger charge is -2.10. The second-order valence-electron chi connectivity index (χ2n) is 4.58. The quantitative estimate of drug-likeness (QED) is 0.703. The van der Waals surface area contributed by atoms with Gasteiger partial charge in [-0.05, 0) is 18.6 Å². The number of hydrogen-bond acceptors (Lipinski definition) is 3. The van der Waals surface area contributed by atoms with Crippen molar-refractivity contribution in [1.82, 2.24) is 5.32 Å². The zero-order chi connectivity index (χ0) is 15.7. The maximum absolute atomic E-state index is 11.8. The molecule has 0 aromatic heterocycles. The summed E-state index contributed by atoms with van der Waals surface area (Å²) in [5, 5.41) is 5.50. The van der Waals surface area contributed by atoms with Crippen LogP contribution in [-0.4, -0.2) is 30.3 Å². The number of anilines is 1. The van der Waals surface area contributed by atoms with E-state index in [9.17, 15) is 9.59 Å². The molecule has 5 nitrogen and oxygen atoms in total. The molecule has 6 heteroatoms. The highest BCUT2D eigenvalue weighted by molar-refractivity contribution is 9.10. The van der Waals surface area contributed by atoms with Gasteiger partial charge in [-0.15, -0.1) is 0 Å². The van der Waals surface area contributed by atoms with Crippen molar-refractivity contribution in [1.29, 1.82) is 0 Å². The largest absolute Gasteiger partial charge is 0.497 e. The normalized spacial score (nSPS) is 11.6. The minimum atomic E-state index is -0.191. The highest BCUT2D eigenvalue weighted by atomic mass is 79.9. The summed E-state index contributed by atoms with van der Waals surface area (Å²) in [6.45, 7) is 2.34. The number of rotatable bonds is 8. The van der Waals surface area contributed by atoms with E-state index in [1.165, 1.54) is 0 Å². The highest BCUT2D eigenvalue weighted by Crippen LogP contribution is 2.16. The molecular formula is C15H21BrN2O3. The minimum absolute atomic E-state index is 0.0777. The SMILES string of the molecule is CCCC(Br)C(=O)NCCC(=O)Nc1cccc(OC)c1. The lowest BCUT2D eigenvalue weighted by Crippen LogP contribution is -2.33. The van der Waals surface area contributed by atoms with Crippen molar-refractivity contribution in [2.45, 2.75) is 31.0 Å². The van der Waals surface area contributed by atoms with E-state index in [0.717, 1.165) is 12.8 Å². The van der Waals surface area contributed by atoms with Gasteiger partial charge in [0.25, 0.3) is 0 Å². The Morgan fingerprint density at radius 1 is 1.38 bits per heavy atom. The van der Waals surface area contributed by atoms with Crippen LogP contribution in [0, 0.1) is 0 Å². The number of carbonyl (C=O) groups excluding carboxylic acids is 2. The van der Waals surface area contributed by atoms with E-state index in [1.807, 2.05) is 6.92 Å². The van der Waals surface area contributed by atoms with E-state index in [-0.39, 0.29) is 23.1 Å². The summed E-state index contributed by atoms with van der Waals surface area (Å²) in [7, 11) is 1.57. The molecule has 0 aliphatic heterocycles. The van der Waals surface area contributed by atoms with E-state index in [2.05, 4.69) is 26.6 Å². The smallest absolute Gasteiger partial charge is 0.233 e. The first-order valence-corrected chi connectivity index (χ1v) is 7.84. The molecule has 0 aliphatic rings. The van der Waals surface area contributed by atoms with Crippen molar-refractivity contribution in [2.75, 3.05) is 19.0 Å². The second kappa shape index (κ2) is 9.39. The average Bonchev–Trinajstić information content (AvgIpc) is 2.47. The number of amides is 2. The first-order valence-electron chi connectivity index (χ1n) is 6.92. The second-order valence-corrected chi connectivity index (χ2v) is 5.68. The molecule has 1 aromatic rings. The van der Waals surface area contributed by atoms with Gasteiger partial charge in [0.2, 0.25) is 11.8 Å². The molecule has 0 heterocycles. The van der Waals surface area contributed by atoms with E-state index in [1.54, 1.807) is 31.4 Å². The van der Waals surface area contributed by atoms with Gasteiger partial charge in [-0.3, -0.25) is 9.59 Å². The molecule has 1 unspecified atom stereocenters. The number of hydrogen-bond donors (Lipinski definition) is 2. The molecule has 0 bridgehead atoms. The number of ether oxygens (including phenoxy) is 1. The van der Waals surface area contributed by atoms with Gasteiger partial charge in [-0.25, -0.2) is 0 Å². The Hall–Kier alpha value is -1.56. The van der Waals surface area contributed by atoms with Gasteiger partial charge in [-0.1, -0.05) is 35.3 Å². The third-order valence-electron chi connectivity index (χ3n) is 2.83. The Balaban J connectivity index is 2.32. The van der Waals surface area contributed by atoms with Gasteiger partial charge in [0.1, 0.15) is 5.75 Å². The number of methoxy groups -OCH3 is 1. The molecule has 116 valence electrons. The Morgan fingerprint density at radius 3 is 2.81 bits per heavy atom. The molecule has 1 aromatic carbocycles. The molecule has 0 fully saturated rings. The molecule has 2 amide bonds. The van der Waals surface area contributed by atoms with Crippen LogP contribution in [0.25, 0.3) is 0 Å². The standard InChI is InChI=1S/C15H21BrN2O3/c1-3-5-13(16)15(20)17-9-8-14(19)18-11-6-4-7-12(10-11)21-2/h4,6-7,10,13H,3,5,8-9H2,1-2H3,(H,17,20)(H,18,19). The van der Waals surface area contributed by atoms with Gasteiger partial charge in [-0.2, -0.15) is 0 Å². The van der Waals surface area contributed by atoms with Gasteiger partial charge >= 0.3 is 0 Å². The Morgan fingerprint density at radius 2 is 2.14 bits per heavy atom. The van der Waals surface area contributed by atoms with Crippen molar-refractivity contribution in [3.63, 3.8) is 0 Å². The van der Waals surface area contributed by atoms with Crippen molar-refractivity contribution < 1.29 is 14.3 Å². The maximum Gasteiger partial charge on any atom is 0.233 e. The molecular weight excluding hydrogens is 336 g/mol. The number of halogens is 1. The van der Waals surface area contributed by atoms with Crippen LogP contribution in [0.3, 0.4) is 0 Å². The summed E-state index contributed by atoms with van der Waals surface area (Å²) >= 11 is 3.31. The molecule has 1 rings (SSSR count). The maximum atomic E-state index is 11.8. The molecule has 0 saturated heterocycles. The summed E-state index contributed by atoms with van der Waals surface area (Å²) < 4.78 is 5.08. The lowest BCUT2D eigenvalue weighted by atomic mass is 10.2. The molecule has 21 heavy (non-hydrogen) atoms. The first kappa shape index (κ1) is 17.5. The lowest BCUT2D eigenvalue weighted by molar-refractivity contribution is -0.120. The van der Waals surface area contributed by atoms with Gasteiger partial charge in [0, 0.05) is 24.7 Å². The zero-order valence-corrected chi connectivity index (χ0v) is 13.9. The van der Waals surface area contributed by atoms with Crippen LogP contribution >= 0.6 is 15.9 Å². The summed E-state index contributed by atoms with van der Waals surface area (Å²) in [5.41, 5.74) is 0.676. The fourth-order valence-electron chi connectivity index (χ4n) is 1.72. The molecule has 1 atom stereocenters. The van der Waals surface area contributed by atoms with Crippen LogP contribution < -0.4 is 15.4 Å².